The van der Waals surface area contributed by atoms with Crippen LogP contribution in [0.3, 0.4) is 0 Å². The molecule has 1 amide bonds. The Morgan fingerprint density at radius 2 is 1.80 bits per heavy atom. The number of carbonyl (C=O) groups excluding carboxylic acids is 1. The van der Waals surface area contributed by atoms with Crippen molar-refractivity contribution in [2.24, 2.45) is 0 Å². The fourth-order valence-electron chi connectivity index (χ4n) is 2.98. The third-order valence-corrected chi connectivity index (χ3v) is 4.97. The molecule has 0 radical (unpaired) electrons. The maximum absolute atomic E-state index is 12.7. The molecule has 0 aliphatic carbocycles. The standard InChI is InChI=1S/C19H17Cl2N3O/c20-17-5-2-1-4-16(17)19(25)24-9-3-8-23(10-11-24)15-7-6-14(13-22)18(21)12-15/h1-2,4-7,12H,3,8-11H2. The van der Waals surface area contributed by atoms with E-state index in [0.29, 0.717) is 40.8 Å². The Hall–Kier alpha value is -2.22. The van der Waals surface area contributed by atoms with Crippen LogP contribution in [0, 0.1) is 11.3 Å². The van der Waals surface area contributed by atoms with E-state index < -0.39 is 0 Å². The maximum atomic E-state index is 12.7. The van der Waals surface area contributed by atoms with Gasteiger partial charge in [-0.15, -0.1) is 0 Å². The molecule has 3 rings (SSSR count). The first kappa shape index (κ1) is 17.6. The molecule has 2 aromatic carbocycles. The minimum Gasteiger partial charge on any atom is -0.370 e. The lowest BCUT2D eigenvalue weighted by Gasteiger charge is -2.24. The Balaban J connectivity index is 1.72. The van der Waals surface area contributed by atoms with E-state index in [-0.39, 0.29) is 5.91 Å². The summed E-state index contributed by atoms with van der Waals surface area (Å²) in [4.78, 5) is 16.7. The maximum Gasteiger partial charge on any atom is 0.255 e. The van der Waals surface area contributed by atoms with Crippen molar-refractivity contribution in [3.8, 4) is 6.07 Å². The highest BCUT2D eigenvalue weighted by Gasteiger charge is 2.22. The number of halogens is 2. The second kappa shape index (κ2) is 7.77. The van der Waals surface area contributed by atoms with Crippen LogP contribution in [-0.2, 0) is 0 Å². The second-order valence-electron chi connectivity index (χ2n) is 5.89. The molecule has 0 saturated carbocycles. The molecule has 128 valence electrons. The molecule has 1 saturated heterocycles. The van der Waals surface area contributed by atoms with Crippen molar-refractivity contribution in [1.82, 2.24) is 4.90 Å². The molecular formula is C19H17Cl2N3O. The average molecular weight is 374 g/mol. The van der Waals surface area contributed by atoms with Gasteiger partial charge in [0, 0.05) is 31.9 Å². The lowest BCUT2D eigenvalue weighted by atomic mass is 10.2. The van der Waals surface area contributed by atoms with Crippen molar-refractivity contribution in [2.75, 3.05) is 31.1 Å². The summed E-state index contributed by atoms with van der Waals surface area (Å²) in [6, 6.07) is 14.6. The molecule has 1 heterocycles. The molecule has 0 atom stereocenters. The largest absolute Gasteiger partial charge is 0.370 e. The lowest BCUT2D eigenvalue weighted by Crippen LogP contribution is -2.35. The number of nitrogens with zero attached hydrogens (tertiary/aromatic N) is 3. The van der Waals surface area contributed by atoms with Gasteiger partial charge in [0.25, 0.3) is 5.91 Å². The van der Waals surface area contributed by atoms with Gasteiger partial charge in [-0.1, -0.05) is 35.3 Å². The van der Waals surface area contributed by atoms with Crippen LogP contribution in [0.25, 0.3) is 0 Å². The van der Waals surface area contributed by atoms with E-state index >= 15 is 0 Å². The highest BCUT2D eigenvalue weighted by atomic mass is 35.5. The van der Waals surface area contributed by atoms with Crippen LogP contribution in [0.15, 0.2) is 42.5 Å². The Morgan fingerprint density at radius 1 is 1.00 bits per heavy atom. The van der Waals surface area contributed by atoms with Gasteiger partial charge in [-0.05, 0) is 36.8 Å². The van der Waals surface area contributed by atoms with E-state index in [1.54, 1.807) is 18.2 Å². The first-order chi connectivity index (χ1) is 12.1. The smallest absolute Gasteiger partial charge is 0.255 e. The molecule has 0 aromatic heterocycles. The zero-order valence-corrected chi connectivity index (χ0v) is 15.1. The van der Waals surface area contributed by atoms with E-state index in [1.807, 2.05) is 29.2 Å². The van der Waals surface area contributed by atoms with Gasteiger partial charge in [-0.3, -0.25) is 4.79 Å². The topological polar surface area (TPSA) is 47.3 Å². The van der Waals surface area contributed by atoms with Gasteiger partial charge >= 0.3 is 0 Å². The van der Waals surface area contributed by atoms with Crippen LogP contribution >= 0.6 is 23.2 Å². The summed E-state index contributed by atoms with van der Waals surface area (Å²) in [6.07, 6.45) is 0.855. The molecule has 4 nitrogen and oxygen atoms in total. The molecular weight excluding hydrogens is 357 g/mol. The first-order valence-corrected chi connectivity index (χ1v) is 8.84. The normalized spacial score (nSPS) is 14.8. The van der Waals surface area contributed by atoms with Gasteiger partial charge in [-0.25, -0.2) is 0 Å². The van der Waals surface area contributed by atoms with Gasteiger partial charge in [0.05, 0.1) is 21.2 Å². The third kappa shape index (κ3) is 3.89. The molecule has 2 aromatic rings. The summed E-state index contributed by atoms with van der Waals surface area (Å²) in [6.45, 7) is 2.83. The van der Waals surface area contributed by atoms with E-state index in [1.165, 1.54) is 0 Å². The molecule has 1 fully saturated rings. The number of rotatable bonds is 2. The molecule has 1 aliphatic heterocycles. The first-order valence-electron chi connectivity index (χ1n) is 8.08. The van der Waals surface area contributed by atoms with Gasteiger partial charge in [-0.2, -0.15) is 5.26 Å². The summed E-state index contributed by atoms with van der Waals surface area (Å²) >= 11 is 12.3. The summed E-state index contributed by atoms with van der Waals surface area (Å²) in [5, 5.41) is 9.92. The number of amides is 1. The SMILES string of the molecule is N#Cc1ccc(N2CCCN(C(=O)c3ccccc3Cl)CC2)cc1Cl. The van der Waals surface area contributed by atoms with Crippen molar-refractivity contribution >= 4 is 34.8 Å². The number of hydrogen-bond acceptors (Lipinski definition) is 3. The zero-order chi connectivity index (χ0) is 17.8. The second-order valence-corrected chi connectivity index (χ2v) is 6.70. The number of anilines is 1. The Bertz CT molecular complexity index is 832. The molecule has 0 unspecified atom stereocenters. The predicted molar refractivity (Wildman–Crippen MR) is 100 cm³/mol. The number of carbonyl (C=O) groups is 1. The summed E-state index contributed by atoms with van der Waals surface area (Å²) in [5.74, 6) is -0.0367. The van der Waals surface area contributed by atoms with Crippen LogP contribution in [0.1, 0.15) is 22.3 Å². The molecule has 0 N–H and O–H groups in total. The Morgan fingerprint density at radius 3 is 2.52 bits per heavy atom. The molecule has 0 bridgehead atoms. The molecule has 0 spiro atoms. The quantitative estimate of drug-likeness (QED) is 0.791. The monoisotopic (exact) mass is 373 g/mol. The van der Waals surface area contributed by atoms with Crippen molar-refractivity contribution in [3.05, 3.63) is 63.6 Å². The van der Waals surface area contributed by atoms with Crippen molar-refractivity contribution in [2.45, 2.75) is 6.42 Å². The van der Waals surface area contributed by atoms with Gasteiger partial charge < -0.3 is 9.80 Å². The van der Waals surface area contributed by atoms with Crippen LogP contribution in [0.4, 0.5) is 5.69 Å². The summed E-state index contributed by atoms with van der Waals surface area (Å²) in [5.41, 5.74) is 1.98. The highest BCUT2D eigenvalue weighted by molar-refractivity contribution is 6.33. The Labute approximate surface area is 157 Å². The van der Waals surface area contributed by atoms with E-state index in [0.717, 1.165) is 18.7 Å². The van der Waals surface area contributed by atoms with Gasteiger partial charge in [0.2, 0.25) is 0 Å². The zero-order valence-electron chi connectivity index (χ0n) is 13.6. The van der Waals surface area contributed by atoms with Gasteiger partial charge in [0.15, 0.2) is 0 Å². The number of nitriles is 1. The van der Waals surface area contributed by atoms with E-state index in [4.69, 9.17) is 28.5 Å². The third-order valence-electron chi connectivity index (χ3n) is 4.33. The van der Waals surface area contributed by atoms with Crippen LogP contribution in [0.5, 0.6) is 0 Å². The molecule has 25 heavy (non-hydrogen) atoms. The Kier molecular flexibility index (Phi) is 5.47. The predicted octanol–water partition coefficient (Wildman–Crippen LogP) is 4.22. The van der Waals surface area contributed by atoms with Crippen molar-refractivity contribution < 1.29 is 4.79 Å². The molecule has 1 aliphatic rings. The fourth-order valence-corrected chi connectivity index (χ4v) is 3.41. The fraction of sp³-hybridized carbons (Fsp3) is 0.263. The van der Waals surface area contributed by atoms with Crippen LogP contribution in [-0.4, -0.2) is 37.0 Å². The lowest BCUT2D eigenvalue weighted by molar-refractivity contribution is 0.0767. The summed E-state index contributed by atoms with van der Waals surface area (Å²) < 4.78 is 0. The minimum atomic E-state index is -0.0367. The van der Waals surface area contributed by atoms with E-state index in [2.05, 4.69) is 11.0 Å². The molecule has 6 heteroatoms. The number of hydrogen-bond donors (Lipinski definition) is 0. The van der Waals surface area contributed by atoms with Crippen LogP contribution < -0.4 is 4.90 Å². The summed E-state index contributed by atoms with van der Waals surface area (Å²) in [7, 11) is 0. The van der Waals surface area contributed by atoms with Gasteiger partial charge in [0.1, 0.15) is 6.07 Å². The number of benzene rings is 2. The average Bonchev–Trinajstić information content (AvgIpc) is 2.87. The highest BCUT2D eigenvalue weighted by Crippen LogP contribution is 2.25. The minimum absolute atomic E-state index is 0.0367. The van der Waals surface area contributed by atoms with Crippen molar-refractivity contribution in [3.63, 3.8) is 0 Å². The van der Waals surface area contributed by atoms with Crippen LogP contribution in [0.2, 0.25) is 10.0 Å². The van der Waals surface area contributed by atoms with Crippen molar-refractivity contribution in [1.29, 1.82) is 5.26 Å². The van der Waals surface area contributed by atoms with E-state index in [9.17, 15) is 4.79 Å².